The summed E-state index contributed by atoms with van der Waals surface area (Å²) in [6, 6.07) is 4.67. The second-order valence-corrected chi connectivity index (χ2v) is 3.74. The zero-order chi connectivity index (χ0) is 13.7. The van der Waals surface area contributed by atoms with Crippen molar-refractivity contribution < 1.29 is 14.7 Å². The van der Waals surface area contributed by atoms with Gasteiger partial charge < -0.3 is 21.1 Å². The summed E-state index contributed by atoms with van der Waals surface area (Å²) in [5.74, 6) is -1.26. The van der Waals surface area contributed by atoms with E-state index in [9.17, 15) is 9.59 Å². The number of carbonyl (C=O) groups is 2. The maximum absolute atomic E-state index is 11.4. The quantitative estimate of drug-likeness (QED) is 0.664. The summed E-state index contributed by atoms with van der Waals surface area (Å²) in [6.45, 7) is 2.39. The van der Waals surface area contributed by atoms with Crippen LogP contribution in [0.4, 0.5) is 11.4 Å². The van der Waals surface area contributed by atoms with E-state index in [0.717, 1.165) is 0 Å². The van der Waals surface area contributed by atoms with Gasteiger partial charge in [0.2, 0.25) is 5.91 Å². The Hall–Kier alpha value is -2.24. The molecule has 0 saturated carbocycles. The number of nitrogens with one attached hydrogen (secondary N) is 1. The maximum atomic E-state index is 11.4. The van der Waals surface area contributed by atoms with Crippen molar-refractivity contribution in [1.82, 2.24) is 5.32 Å². The smallest absolute Gasteiger partial charge is 0.337 e. The monoisotopic (exact) mass is 251 g/mol. The molecule has 1 aromatic carbocycles. The summed E-state index contributed by atoms with van der Waals surface area (Å²) in [7, 11) is 1.53. The van der Waals surface area contributed by atoms with Crippen molar-refractivity contribution in [2.45, 2.75) is 6.92 Å². The maximum Gasteiger partial charge on any atom is 0.337 e. The molecule has 1 aromatic rings. The van der Waals surface area contributed by atoms with E-state index in [1.165, 1.54) is 13.1 Å². The van der Waals surface area contributed by atoms with E-state index in [1.54, 1.807) is 17.0 Å². The van der Waals surface area contributed by atoms with Gasteiger partial charge >= 0.3 is 5.97 Å². The Morgan fingerprint density at radius 1 is 1.44 bits per heavy atom. The number of nitrogens with two attached hydrogens (primary N) is 1. The lowest BCUT2D eigenvalue weighted by Gasteiger charge is -2.25. The number of carbonyl (C=O) groups excluding carboxylic acids is 1. The van der Waals surface area contributed by atoms with Gasteiger partial charge in [-0.25, -0.2) is 4.79 Å². The second kappa shape index (κ2) is 5.90. The van der Waals surface area contributed by atoms with E-state index in [1.807, 2.05) is 6.92 Å². The highest BCUT2D eigenvalue weighted by Gasteiger charge is 2.19. The number of hydrogen-bond donors (Lipinski definition) is 3. The average molecular weight is 251 g/mol. The Labute approximate surface area is 105 Å². The van der Waals surface area contributed by atoms with E-state index in [4.69, 9.17) is 10.8 Å². The Kier molecular flexibility index (Phi) is 4.53. The number of hydrogen-bond acceptors (Lipinski definition) is 4. The first kappa shape index (κ1) is 13.8. The van der Waals surface area contributed by atoms with Gasteiger partial charge in [0.05, 0.1) is 23.5 Å². The molecule has 0 aliphatic heterocycles. The minimum absolute atomic E-state index is 0.0709. The van der Waals surface area contributed by atoms with Crippen LogP contribution in [0, 0.1) is 0 Å². The van der Waals surface area contributed by atoms with Crippen molar-refractivity contribution >= 4 is 23.3 Å². The first-order valence-corrected chi connectivity index (χ1v) is 5.58. The third-order valence-corrected chi connectivity index (χ3v) is 2.61. The lowest BCUT2D eigenvalue weighted by Crippen LogP contribution is -2.36. The van der Waals surface area contributed by atoms with Crippen LogP contribution in [0.15, 0.2) is 18.2 Å². The molecule has 0 unspecified atom stereocenters. The highest BCUT2D eigenvalue weighted by atomic mass is 16.4. The number of likely N-dealkylation sites (N-methyl/N-ethyl adjacent to an activating group) is 2. The molecule has 0 aromatic heterocycles. The zero-order valence-corrected chi connectivity index (χ0v) is 10.4. The van der Waals surface area contributed by atoms with Gasteiger partial charge in [-0.05, 0) is 19.1 Å². The van der Waals surface area contributed by atoms with Crippen LogP contribution in [0.1, 0.15) is 17.3 Å². The van der Waals surface area contributed by atoms with Crippen molar-refractivity contribution in [3.63, 3.8) is 0 Å². The molecule has 0 heterocycles. The fraction of sp³-hybridized carbons (Fsp3) is 0.333. The van der Waals surface area contributed by atoms with Crippen LogP contribution in [0.25, 0.3) is 0 Å². The van der Waals surface area contributed by atoms with Crippen molar-refractivity contribution in [2.75, 3.05) is 30.8 Å². The van der Waals surface area contributed by atoms with Crippen molar-refractivity contribution in [3.8, 4) is 0 Å². The summed E-state index contributed by atoms with van der Waals surface area (Å²) < 4.78 is 0. The van der Waals surface area contributed by atoms with Gasteiger partial charge in [0.1, 0.15) is 0 Å². The van der Waals surface area contributed by atoms with Gasteiger partial charge in [-0.1, -0.05) is 6.07 Å². The minimum Gasteiger partial charge on any atom is -0.478 e. The van der Waals surface area contributed by atoms with Crippen LogP contribution in [0.3, 0.4) is 0 Å². The lowest BCUT2D eigenvalue weighted by molar-refractivity contribution is -0.119. The van der Waals surface area contributed by atoms with Crippen molar-refractivity contribution in [2.24, 2.45) is 0 Å². The van der Waals surface area contributed by atoms with Gasteiger partial charge in [0.25, 0.3) is 0 Å². The van der Waals surface area contributed by atoms with Crippen molar-refractivity contribution in [1.29, 1.82) is 0 Å². The Balaban J connectivity index is 3.19. The molecule has 6 heteroatoms. The normalized spacial score (nSPS) is 9.89. The number of nitrogens with zero attached hydrogens (tertiary/aromatic N) is 1. The molecule has 0 radical (unpaired) electrons. The van der Waals surface area contributed by atoms with Gasteiger partial charge in [-0.3, -0.25) is 4.79 Å². The number of carboxylic acids is 1. The first-order chi connectivity index (χ1) is 8.51. The number of anilines is 2. The summed E-state index contributed by atoms with van der Waals surface area (Å²) in [5.41, 5.74) is 6.65. The molecule has 0 fully saturated rings. The largest absolute Gasteiger partial charge is 0.478 e. The van der Waals surface area contributed by atoms with E-state index in [2.05, 4.69) is 5.32 Å². The Morgan fingerprint density at radius 2 is 2.11 bits per heavy atom. The predicted molar refractivity (Wildman–Crippen MR) is 69.8 cm³/mol. The lowest BCUT2D eigenvalue weighted by atomic mass is 10.1. The third-order valence-electron chi connectivity index (χ3n) is 2.61. The topological polar surface area (TPSA) is 95.7 Å². The molecular weight excluding hydrogens is 234 g/mol. The van der Waals surface area contributed by atoms with E-state index in [-0.39, 0.29) is 18.0 Å². The fourth-order valence-corrected chi connectivity index (χ4v) is 1.69. The third kappa shape index (κ3) is 2.91. The molecule has 4 N–H and O–H groups in total. The molecule has 1 amide bonds. The minimum atomic E-state index is -1.06. The van der Waals surface area contributed by atoms with Gasteiger partial charge in [0, 0.05) is 13.6 Å². The van der Waals surface area contributed by atoms with Crippen LogP contribution >= 0.6 is 0 Å². The van der Waals surface area contributed by atoms with E-state index >= 15 is 0 Å². The standard InChI is InChI=1S/C12H17N3O3/c1-3-15(7-10(16)14-2)11-8(12(17)18)5-4-6-9(11)13/h4-6H,3,7,13H2,1-2H3,(H,14,16)(H,17,18). The molecular formula is C12H17N3O3. The van der Waals surface area contributed by atoms with Crippen LogP contribution < -0.4 is 16.0 Å². The second-order valence-electron chi connectivity index (χ2n) is 3.74. The number of amides is 1. The molecule has 0 aliphatic rings. The number of nitrogen functional groups attached to an aromatic ring is 1. The molecule has 98 valence electrons. The molecule has 1 rings (SSSR count). The number of benzene rings is 1. The highest BCUT2D eigenvalue weighted by molar-refractivity contribution is 5.99. The molecule has 0 bridgehead atoms. The van der Waals surface area contributed by atoms with Crippen LogP contribution in [0.2, 0.25) is 0 Å². The molecule has 0 atom stereocenters. The average Bonchev–Trinajstić information content (AvgIpc) is 2.35. The predicted octanol–water partition coefficient (Wildman–Crippen LogP) is 0.539. The summed E-state index contributed by atoms with van der Waals surface area (Å²) in [6.07, 6.45) is 0. The molecule has 6 nitrogen and oxygen atoms in total. The zero-order valence-electron chi connectivity index (χ0n) is 10.4. The van der Waals surface area contributed by atoms with Gasteiger partial charge in [-0.15, -0.1) is 0 Å². The highest BCUT2D eigenvalue weighted by Crippen LogP contribution is 2.27. The molecule has 0 aliphatic carbocycles. The number of aromatic carboxylic acids is 1. The Bertz CT molecular complexity index is 460. The van der Waals surface area contributed by atoms with Crippen LogP contribution in [-0.4, -0.2) is 37.1 Å². The number of carboxylic acid groups (broad SMARTS) is 1. The van der Waals surface area contributed by atoms with E-state index in [0.29, 0.717) is 17.9 Å². The summed E-state index contributed by atoms with van der Waals surface area (Å²) in [5, 5.41) is 11.6. The van der Waals surface area contributed by atoms with Crippen molar-refractivity contribution in [3.05, 3.63) is 23.8 Å². The molecule has 0 saturated heterocycles. The SMILES string of the molecule is CCN(CC(=O)NC)c1c(N)cccc1C(=O)O. The molecule has 18 heavy (non-hydrogen) atoms. The molecule has 0 spiro atoms. The first-order valence-electron chi connectivity index (χ1n) is 5.58. The number of para-hydroxylation sites is 1. The summed E-state index contributed by atoms with van der Waals surface area (Å²) >= 11 is 0. The van der Waals surface area contributed by atoms with E-state index < -0.39 is 5.97 Å². The number of rotatable bonds is 5. The Morgan fingerprint density at radius 3 is 2.61 bits per heavy atom. The summed E-state index contributed by atoms with van der Waals surface area (Å²) in [4.78, 5) is 24.2. The van der Waals surface area contributed by atoms with Gasteiger partial charge in [-0.2, -0.15) is 0 Å². The fourth-order valence-electron chi connectivity index (χ4n) is 1.69. The van der Waals surface area contributed by atoms with Crippen LogP contribution in [-0.2, 0) is 4.79 Å². The van der Waals surface area contributed by atoms with Crippen LogP contribution in [0.5, 0.6) is 0 Å². The van der Waals surface area contributed by atoms with Gasteiger partial charge in [0.15, 0.2) is 0 Å².